The molecule has 4 nitrogen and oxygen atoms in total. The first kappa shape index (κ1) is 23.0. The molecule has 0 radical (unpaired) electrons. The Kier molecular flexibility index (Phi) is 12.7. The lowest BCUT2D eigenvalue weighted by Gasteiger charge is -2.06. The zero-order valence-electron chi connectivity index (χ0n) is 15.9. The molecule has 1 heterocycles. The minimum absolute atomic E-state index is 0.180. The maximum atomic E-state index is 12.1. The Morgan fingerprint density at radius 3 is 2.46 bits per heavy atom. The monoisotopic (exact) mass is 351 g/mol. The van der Waals surface area contributed by atoms with Crippen molar-refractivity contribution in [1.82, 2.24) is 4.98 Å². The molecule has 3 N–H and O–H groups in total. The minimum Gasteiger partial charge on any atom is -0.331 e. The van der Waals surface area contributed by atoms with Gasteiger partial charge in [0.05, 0.1) is 17.4 Å². The number of fused-ring (bicyclic) bond motifs is 1. The van der Waals surface area contributed by atoms with E-state index in [1.807, 2.05) is 57.2 Å². The van der Waals surface area contributed by atoms with Crippen molar-refractivity contribution in [3.8, 4) is 0 Å². The van der Waals surface area contributed by atoms with Crippen LogP contribution in [-0.4, -0.2) is 17.4 Å². The van der Waals surface area contributed by atoms with Gasteiger partial charge in [0.15, 0.2) is 0 Å². The second-order valence-electron chi connectivity index (χ2n) is 5.05. The van der Waals surface area contributed by atoms with Gasteiger partial charge in [0.2, 0.25) is 0 Å². The SMILES string of the molecule is C=C/C=C(\C=C/C)C(=O)Nc1cnc2ccccc2c1.C=CC.CCN. The molecular formula is C22H29N3O. The summed E-state index contributed by atoms with van der Waals surface area (Å²) < 4.78 is 0. The number of nitrogens with two attached hydrogens (primary N) is 1. The van der Waals surface area contributed by atoms with Crippen LogP contribution in [0, 0.1) is 0 Å². The van der Waals surface area contributed by atoms with Crippen LogP contribution in [0.1, 0.15) is 20.8 Å². The number of nitrogens with zero attached hydrogens (tertiary/aromatic N) is 1. The van der Waals surface area contributed by atoms with Crippen molar-refractivity contribution in [3.63, 3.8) is 0 Å². The molecule has 0 spiro atoms. The molecule has 1 amide bonds. The van der Waals surface area contributed by atoms with Crippen LogP contribution >= 0.6 is 0 Å². The van der Waals surface area contributed by atoms with Gasteiger partial charge in [-0.15, -0.1) is 6.58 Å². The number of rotatable bonds is 4. The van der Waals surface area contributed by atoms with Crippen LogP contribution < -0.4 is 11.1 Å². The Labute approximate surface area is 156 Å². The number of para-hydroxylation sites is 1. The van der Waals surface area contributed by atoms with E-state index in [4.69, 9.17) is 5.73 Å². The van der Waals surface area contributed by atoms with Crippen molar-refractivity contribution < 1.29 is 4.79 Å². The Balaban J connectivity index is 0.000000918. The normalized spacial score (nSPS) is 10.2. The van der Waals surface area contributed by atoms with E-state index in [0.29, 0.717) is 11.3 Å². The summed E-state index contributed by atoms with van der Waals surface area (Å²) >= 11 is 0. The van der Waals surface area contributed by atoms with Crippen molar-refractivity contribution in [1.29, 1.82) is 0 Å². The van der Waals surface area contributed by atoms with E-state index >= 15 is 0 Å². The Morgan fingerprint density at radius 1 is 1.27 bits per heavy atom. The predicted octanol–water partition coefficient (Wildman–Crippen LogP) is 5.02. The zero-order chi connectivity index (χ0) is 19.8. The number of benzene rings is 1. The summed E-state index contributed by atoms with van der Waals surface area (Å²) in [5.74, 6) is -0.180. The first-order valence-electron chi connectivity index (χ1n) is 8.46. The predicted molar refractivity (Wildman–Crippen MR) is 114 cm³/mol. The smallest absolute Gasteiger partial charge is 0.255 e. The zero-order valence-corrected chi connectivity index (χ0v) is 15.9. The highest BCUT2D eigenvalue weighted by Gasteiger charge is 2.06. The van der Waals surface area contributed by atoms with Crippen molar-refractivity contribution in [2.45, 2.75) is 20.8 Å². The van der Waals surface area contributed by atoms with Crippen LogP contribution in [-0.2, 0) is 4.79 Å². The summed E-state index contributed by atoms with van der Waals surface area (Å²) in [5.41, 5.74) is 6.98. The summed E-state index contributed by atoms with van der Waals surface area (Å²) in [6.07, 6.45) is 10.2. The summed E-state index contributed by atoms with van der Waals surface area (Å²) in [5, 5.41) is 3.83. The molecule has 1 aromatic carbocycles. The molecule has 0 atom stereocenters. The maximum absolute atomic E-state index is 12.1. The highest BCUT2D eigenvalue weighted by atomic mass is 16.1. The second kappa shape index (κ2) is 14.4. The number of hydrogen-bond donors (Lipinski definition) is 2. The van der Waals surface area contributed by atoms with E-state index in [1.54, 1.807) is 30.5 Å². The summed E-state index contributed by atoms with van der Waals surface area (Å²) in [7, 11) is 0. The van der Waals surface area contributed by atoms with Crippen LogP contribution in [0.2, 0.25) is 0 Å². The van der Waals surface area contributed by atoms with Crippen LogP contribution in [0.15, 0.2) is 85.6 Å². The van der Waals surface area contributed by atoms with Crippen molar-refractivity contribution in [2.75, 3.05) is 11.9 Å². The number of aromatic nitrogens is 1. The van der Waals surface area contributed by atoms with Gasteiger partial charge in [-0.25, -0.2) is 0 Å². The number of carbonyl (C=O) groups excluding carboxylic acids is 1. The molecule has 0 aliphatic heterocycles. The molecule has 0 aliphatic carbocycles. The third kappa shape index (κ3) is 8.76. The standard InChI is InChI=1S/C17H16N2O.C3H6.C2H7N/c1-3-7-13(8-4-2)17(20)19-15-11-14-9-5-6-10-16(14)18-12-15;1-3-2;1-2-3/h3-12H,1H2,2H3,(H,19,20);3H,1H2,2H3;2-3H2,1H3/b8-4-,13-7+;;. The average molecular weight is 351 g/mol. The Morgan fingerprint density at radius 2 is 1.88 bits per heavy atom. The molecule has 0 saturated carbocycles. The quantitative estimate of drug-likeness (QED) is 0.462. The second-order valence-corrected chi connectivity index (χ2v) is 5.05. The molecule has 0 unspecified atom stereocenters. The van der Waals surface area contributed by atoms with E-state index in [-0.39, 0.29) is 5.91 Å². The fraction of sp³-hybridized carbons (Fsp3) is 0.182. The number of amides is 1. The van der Waals surface area contributed by atoms with Crippen molar-refractivity contribution in [2.24, 2.45) is 5.73 Å². The summed E-state index contributed by atoms with van der Waals surface area (Å²) in [4.78, 5) is 16.4. The molecule has 1 aromatic heterocycles. The highest BCUT2D eigenvalue weighted by molar-refractivity contribution is 6.06. The van der Waals surface area contributed by atoms with Crippen LogP contribution in [0.3, 0.4) is 0 Å². The van der Waals surface area contributed by atoms with Gasteiger partial charge in [-0.05, 0) is 32.5 Å². The van der Waals surface area contributed by atoms with E-state index in [9.17, 15) is 4.79 Å². The van der Waals surface area contributed by atoms with E-state index in [2.05, 4.69) is 23.5 Å². The number of carbonyl (C=O) groups is 1. The van der Waals surface area contributed by atoms with Gasteiger partial charge >= 0.3 is 0 Å². The van der Waals surface area contributed by atoms with E-state index in [0.717, 1.165) is 17.4 Å². The van der Waals surface area contributed by atoms with E-state index in [1.165, 1.54) is 0 Å². The van der Waals surface area contributed by atoms with Crippen LogP contribution in [0.4, 0.5) is 5.69 Å². The lowest BCUT2D eigenvalue weighted by Crippen LogP contribution is -2.13. The van der Waals surface area contributed by atoms with Gasteiger partial charge in [-0.1, -0.05) is 62.1 Å². The molecule has 4 heteroatoms. The van der Waals surface area contributed by atoms with Gasteiger partial charge in [0.25, 0.3) is 5.91 Å². The average Bonchev–Trinajstić information content (AvgIpc) is 2.63. The molecule has 0 fully saturated rings. The van der Waals surface area contributed by atoms with Crippen molar-refractivity contribution >= 4 is 22.5 Å². The number of allylic oxidation sites excluding steroid dienone is 4. The van der Waals surface area contributed by atoms with Gasteiger partial charge in [-0.2, -0.15) is 0 Å². The van der Waals surface area contributed by atoms with E-state index < -0.39 is 0 Å². The lowest BCUT2D eigenvalue weighted by atomic mass is 10.2. The van der Waals surface area contributed by atoms with Gasteiger partial charge in [-0.3, -0.25) is 9.78 Å². The third-order valence-corrected chi connectivity index (χ3v) is 2.75. The molecule has 2 aromatic rings. The Bertz CT molecular complexity index is 761. The number of pyridine rings is 1. The molecule has 2 rings (SSSR count). The Hall–Kier alpha value is -2.98. The lowest BCUT2D eigenvalue weighted by molar-refractivity contribution is -0.112. The first-order valence-corrected chi connectivity index (χ1v) is 8.46. The van der Waals surface area contributed by atoms with Crippen LogP contribution in [0.5, 0.6) is 0 Å². The number of anilines is 1. The summed E-state index contributed by atoms with van der Waals surface area (Å²) in [6.45, 7) is 13.4. The molecular weight excluding hydrogens is 322 g/mol. The topological polar surface area (TPSA) is 68.0 Å². The maximum Gasteiger partial charge on any atom is 0.255 e. The van der Waals surface area contributed by atoms with Gasteiger partial charge in [0, 0.05) is 11.0 Å². The summed E-state index contributed by atoms with van der Waals surface area (Å²) in [6, 6.07) is 9.68. The van der Waals surface area contributed by atoms with Crippen molar-refractivity contribution in [3.05, 3.63) is 85.6 Å². The molecule has 138 valence electrons. The first-order chi connectivity index (χ1) is 12.6. The fourth-order valence-corrected chi connectivity index (χ4v) is 1.86. The molecule has 0 saturated heterocycles. The number of nitrogens with one attached hydrogen (secondary N) is 1. The molecule has 0 bridgehead atoms. The van der Waals surface area contributed by atoms with Gasteiger partial charge in [0.1, 0.15) is 0 Å². The van der Waals surface area contributed by atoms with Gasteiger partial charge < -0.3 is 11.1 Å². The number of hydrogen-bond acceptors (Lipinski definition) is 3. The molecule has 26 heavy (non-hydrogen) atoms. The minimum atomic E-state index is -0.180. The molecule has 0 aliphatic rings. The third-order valence-electron chi connectivity index (χ3n) is 2.75. The fourth-order valence-electron chi connectivity index (χ4n) is 1.86. The highest BCUT2D eigenvalue weighted by Crippen LogP contribution is 2.16. The van der Waals surface area contributed by atoms with Crippen LogP contribution in [0.25, 0.3) is 10.9 Å². The largest absolute Gasteiger partial charge is 0.331 e.